The van der Waals surface area contributed by atoms with Crippen molar-refractivity contribution in [3.8, 4) is 0 Å². The summed E-state index contributed by atoms with van der Waals surface area (Å²) >= 11 is 0. The smallest absolute Gasteiger partial charge is 0.243 e. The Kier molecular flexibility index (Phi) is 8.13. The quantitative estimate of drug-likeness (QED) is 0.601. The number of ether oxygens (including phenoxy) is 1. The maximum atomic E-state index is 13.0. The Labute approximate surface area is 203 Å². The molecule has 0 radical (unpaired) electrons. The zero-order chi connectivity index (χ0) is 25.3. The fraction of sp³-hybridized carbons (Fsp3) is 0.696. The number of carbonyl (C=O) groups is 1. The summed E-state index contributed by atoms with van der Waals surface area (Å²) in [4.78, 5) is 12.9. The Morgan fingerprint density at radius 1 is 0.941 bits per heavy atom. The van der Waals surface area contributed by atoms with E-state index in [1.807, 2.05) is 13.8 Å². The van der Waals surface area contributed by atoms with Gasteiger partial charge >= 0.3 is 0 Å². The van der Waals surface area contributed by atoms with Crippen molar-refractivity contribution in [1.82, 2.24) is 9.03 Å². The van der Waals surface area contributed by atoms with Crippen LogP contribution in [0.25, 0.3) is 0 Å². The van der Waals surface area contributed by atoms with Crippen LogP contribution in [0.1, 0.15) is 60.3 Å². The second-order valence-electron chi connectivity index (χ2n) is 10.4. The van der Waals surface area contributed by atoms with Gasteiger partial charge in [0, 0.05) is 30.7 Å². The van der Waals surface area contributed by atoms with Crippen LogP contribution in [0.3, 0.4) is 0 Å². The van der Waals surface area contributed by atoms with E-state index in [0.717, 1.165) is 0 Å². The van der Waals surface area contributed by atoms with E-state index in [9.17, 15) is 21.6 Å². The summed E-state index contributed by atoms with van der Waals surface area (Å²) in [6.07, 6.45) is 2.03. The van der Waals surface area contributed by atoms with E-state index in [4.69, 9.17) is 4.74 Å². The molecule has 0 unspecified atom stereocenters. The number of hydrogen-bond donors (Lipinski definition) is 2. The molecule has 2 fully saturated rings. The lowest BCUT2D eigenvalue weighted by molar-refractivity contribution is -0.120. The second-order valence-corrected chi connectivity index (χ2v) is 14.8. The summed E-state index contributed by atoms with van der Waals surface area (Å²) in [5, 5.41) is 2.87. The van der Waals surface area contributed by atoms with Crippen LogP contribution < -0.4 is 10.0 Å². The van der Waals surface area contributed by atoms with E-state index in [0.29, 0.717) is 44.5 Å². The van der Waals surface area contributed by atoms with Crippen LogP contribution in [0, 0.1) is 5.92 Å². The van der Waals surface area contributed by atoms with E-state index in [-0.39, 0.29) is 35.0 Å². The average Bonchev–Trinajstić information content (AvgIpc) is 2.73. The Hall–Kier alpha value is -1.53. The van der Waals surface area contributed by atoms with Crippen LogP contribution >= 0.6 is 0 Å². The molecule has 11 heteroatoms. The molecule has 192 valence electrons. The lowest BCUT2D eigenvalue weighted by Gasteiger charge is -2.34. The third-order valence-electron chi connectivity index (χ3n) is 6.37. The van der Waals surface area contributed by atoms with Crippen molar-refractivity contribution in [2.24, 2.45) is 5.92 Å². The molecule has 2 N–H and O–H groups in total. The van der Waals surface area contributed by atoms with E-state index in [1.54, 1.807) is 32.9 Å². The number of nitrogens with one attached hydrogen (secondary N) is 2. The van der Waals surface area contributed by atoms with Gasteiger partial charge < -0.3 is 10.1 Å². The molecule has 0 aromatic heterocycles. The largest absolute Gasteiger partial charge is 0.373 e. The van der Waals surface area contributed by atoms with E-state index >= 15 is 0 Å². The average molecular weight is 516 g/mol. The van der Waals surface area contributed by atoms with Gasteiger partial charge in [0.05, 0.1) is 21.9 Å². The molecule has 34 heavy (non-hydrogen) atoms. The number of amides is 1. The molecule has 1 saturated heterocycles. The number of nitrogens with zero attached hydrogens (tertiary/aromatic N) is 1. The minimum atomic E-state index is -3.64. The monoisotopic (exact) mass is 515 g/mol. The van der Waals surface area contributed by atoms with Crippen LogP contribution in [-0.2, 0) is 29.6 Å². The third kappa shape index (κ3) is 6.37. The zero-order valence-corrected chi connectivity index (χ0v) is 22.2. The summed E-state index contributed by atoms with van der Waals surface area (Å²) in [6.45, 7) is 9.29. The number of hydrogen-bond acceptors (Lipinski definition) is 6. The van der Waals surface area contributed by atoms with Gasteiger partial charge in [-0.05, 0) is 84.6 Å². The lowest BCUT2D eigenvalue weighted by Crippen LogP contribution is -2.48. The summed E-state index contributed by atoms with van der Waals surface area (Å²) in [5.41, 5.74) is 0.531. The minimum Gasteiger partial charge on any atom is -0.373 e. The minimum absolute atomic E-state index is 0.136. The van der Waals surface area contributed by atoms with Crippen LogP contribution in [0.15, 0.2) is 29.2 Å². The van der Waals surface area contributed by atoms with Crippen molar-refractivity contribution >= 4 is 31.6 Å². The van der Waals surface area contributed by atoms with Crippen molar-refractivity contribution in [2.75, 3.05) is 18.4 Å². The first-order valence-corrected chi connectivity index (χ1v) is 14.7. The SMILES string of the molecule is C[C@@H]1CN(S(=O)(=O)c2ccc(NC(=O)[C@H]3CC[C@H](NS(=O)(=O)C(C)(C)C)CC3)cc2)C[C@H](C)O1. The number of anilines is 1. The number of morpholine rings is 1. The maximum absolute atomic E-state index is 13.0. The van der Waals surface area contributed by atoms with Gasteiger partial charge in [-0.1, -0.05) is 0 Å². The molecule has 1 aliphatic heterocycles. The molecule has 9 nitrogen and oxygen atoms in total. The molecule has 3 rings (SSSR count). The van der Waals surface area contributed by atoms with E-state index < -0.39 is 24.8 Å². The fourth-order valence-electron chi connectivity index (χ4n) is 4.30. The first kappa shape index (κ1) is 27.1. The number of sulfonamides is 2. The highest BCUT2D eigenvalue weighted by molar-refractivity contribution is 7.90. The first-order chi connectivity index (χ1) is 15.7. The van der Waals surface area contributed by atoms with Gasteiger partial charge in [-0.15, -0.1) is 0 Å². The maximum Gasteiger partial charge on any atom is 0.243 e. The van der Waals surface area contributed by atoms with Crippen molar-refractivity contribution in [3.63, 3.8) is 0 Å². The van der Waals surface area contributed by atoms with Gasteiger partial charge in [0.15, 0.2) is 0 Å². The van der Waals surface area contributed by atoms with Crippen LogP contribution in [-0.4, -0.2) is 63.1 Å². The van der Waals surface area contributed by atoms with Gasteiger partial charge in [-0.2, -0.15) is 4.31 Å². The van der Waals surface area contributed by atoms with Crippen molar-refractivity contribution in [3.05, 3.63) is 24.3 Å². The van der Waals surface area contributed by atoms with Gasteiger partial charge in [-0.25, -0.2) is 21.6 Å². The summed E-state index contributed by atoms with van der Waals surface area (Å²) < 4.78 is 59.7. The lowest BCUT2D eigenvalue weighted by atomic mass is 9.86. The Bertz CT molecular complexity index is 1060. The molecule has 2 atom stereocenters. The molecule has 1 aromatic rings. The molecule has 1 saturated carbocycles. The van der Waals surface area contributed by atoms with Crippen molar-refractivity contribution in [2.45, 2.75) is 88.2 Å². The van der Waals surface area contributed by atoms with Crippen LogP contribution in [0.2, 0.25) is 0 Å². The Morgan fingerprint density at radius 2 is 1.47 bits per heavy atom. The molecule has 2 aliphatic rings. The van der Waals surface area contributed by atoms with Gasteiger partial charge in [0.25, 0.3) is 0 Å². The number of rotatable bonds is 6. The van der Waals surface area contributed by atoms with Crippen molar-refractivity contribution in [1.29, 1.82) is 0 Å². The highest BCUT2D eigenvalue weighted by Crippen LogP contribution is 2.28. The van der Waals surface area contributed by atoms with Gasteiger partial charge in [-0.3, -0.25) is 4.79 Å². The van der Waals surface area contributed by atoms with E-state index in [2.05, 4.69) is 10.0 Å². The molecular weight excluding hydrogens is 478 g/mol. The van der Waals surface area contributed by atoms with E-state index in [1.165, 1.54) is 16.4 Å². The second kappa shape index (κ2) is 10.2. The molecule has 1 heterocycles. The molecule has 1 aromatic carbocycles. The predicted octanol–water partition coefficient (Wildman–Crippen LogP) is 2.70. The van der Waals surface area contributed by atoms with Crippen molar-refractivity contribution < 1.29 is 26.4 Å². The highest BCUT2D eigenvalue weighted by Gasteiger charge is 2.34. The topological polar surface area (TPSA) is 122 Å². The molecule has 0 spiro atoms. The summed E-state index contributed by atoms with van der Waals surface area (Å²) in [6, 6.07) is 6.05. The Balaban J connectivity index is 1.55. The predicted molar refractivity (Wildman–Crippen MR) is 131 cm³/mol. The Morgan fingerprint density at radius 3 is 1.97 bits per heavy atom. The van der Waals surface area contributed by atoms with Gasteiger partial charge in [0.1, 0.15) is 0 Å². The number of carbonyl (C=O) groups excluding carboxylic acids is 1. The zero-order valence-electron chi connectivity index (χ0n) is 20.6. The molecule has 1 amide bonds. The van der Waals surface area contributed by atoms with Crippen LogP contribution in [0.5, 0.6) is 0 Å². The fourth-order valence-corrected chi connectivity index (χ4v) is 6.92. The number of benzene rings is 1. The van der Waals surface area contributed by atoms with Crippen LogP contribution in [0.4, 0.5) is 5.69 Å². The van der Waals surface area contributed by atoms with Gasteiger partial charge in [0.2, 0.25) is 26.0 Å². The summed E-state index contributed by atoms with van der Waals surface area (Å²) in [7, 11) is -7.07. The first-order valence-electron chi connectivity index (χ1n) is 11.8. The molecule has 0 bridgehead atoms. The third-order valence-corrected chi connectivity index (χ3v) is 10.5. The molecular formula is C23H37N3O6S2. The molecule has 1 aliphatic carbocycles. The standard InChI is InChI=1S/C23H37N3O6S2/c1-16-14-26(15-17(2)32-16)33(28,29)21-12-10-19(11-13-21)24-22(27)18-6-8-20(9-7-18)25-34(30,31)23(3,4)5/h10-13,16-18,20,25H,6-9,14-15H2,1-5H3,(H,24,27)/t16-,17+,18-,20-. The highest BCUT2D eigenvalue weighted by atomic mass is 32.2. The normalized spacial score (nSPS) is 27.3. The summed E-state index contributed by atoms with van der Waals surface area (Å²) in [5.74, 6) is -0.348.